The van der Waals surface area contributed by atoms with Gasteiger partial charge in [0.05, 0.1) is 18.5 Å². The van der Waals surface area contributed by atoms with Crippen molar-refractivity contribution in [2.24, 2.45) is 4.99 Å². The largest absolute Gasteiger partial charge is 0.493 e. The SMILES string of the molecule is C#CCOc1cc(/N=C2/C(=O)N(C)c3ccccc32)ccc1OC. The topological polar surface area (TPSA) is 51.1 Å². The van der Waals surface area contributed by atoms with Gasteiger partial charge in [-0.15, -0.1) is 6.42 Å². The van der Waals surface area contributed by atoms with Crippen molar-refractivity contribution >= 4 is 23.0 Å². The van der Waals surface area contributed by atoms with E-state index in [4.69, 9.17) is 15.9 Å². The summed E-state index contributed by atoms with van der Waals surface area (Å²) in [5.41, 5.74) is 2.66. The molecule has 1 amide bonds. The number of aliphatic imine (C=N–C) groups is 1. The molecule has 3 rings (SSSR count). The van der Waals surface area contributed by atoms with E-state index in [0.717, 1.165) is 11.3 Å². The number of likely N-dealkylation sites (N-methyl/N-ethyl adjacent to an activating group) is 1. The Morgan fingerprint density at radius 3 is 2.75 bits per heavy atom. The highest BCUT2D eigenvalue weighted by Crippen LogP contribution is 2.34. The van der Waals surface area contributed by atoms with Crippen LogP contribution in [-0.2, 0) is 4.79 Å². The monoisotopic (exact) mass is 320 g/mol. The van der Waals surface area contributed by atoms with E-state index in [-0.39, 0.29) is 12.5 Å². The Labute approximate surface area is 140 Å². The molecule has 0 bridgehead atoms. The minimum atomic E-state index is -0.141. The third-order valence-corrected chi connectivity index (χ3v) is 3.73. The second kappa shape index (κ2) is 6.47. The average molecular weight is 320 g/mol. The second-order valence-electron chi connectivity index (χ2n) is 5.17. The van der Waals surface area contributed by atoms with Crippen molar-refractivity contribution in [1.82, 2.24) is 0 Å². The lowest BCUT2D eigenvalue weighted by Crippen LogP contribution is -2.25. The third-order valence-electron chi connectivity index (χ3n) is 3.73. The van der Waals surface area contributed by atoms with Crippen molar-refractivity contribution in [3.8, 4) is 23.8 Å². The number of para-hydroxylation sites is 1. The van der Waals surface area contributed by atoms with Crippen molar-refractivity contribution in [2.75, 3.05) is 25.7 Å². The third kappa shape index (κ3) is 2.70. The summed E-state index contributed by atoms with van der Waals surface area (Å²) < 4.78 is 10.7. The van der Waals surface area contributed by atoms with Gasteiger partial charge in [-0.05, 0) is 18.2 Å². The van der Waals surface area contributed by atoms with E-state index < -0.39 is 0 Å². The number of ether oxygens (including phenoxy) is 2. The van der Waals surface area contributed by atoms with E-state index in [1.54, 1.807) is 37.3 Å². The van der Waals surface area contributed by atoms with Crippen LogP contribution in [0.5, 0.6) is 11.5 Å². The van der Waals surface area contributed by atoms with Gasteiger partial charge in [-0.3, -0.25) is 4.79 Å². The van der Waals surface area contributed by atoms with Crippen LogP contribution in [0.2, 0.25) is 0 Å². The van der Waals surface area contributed by atoms with Gasteiger partial charge < -0.3 is 14.4 Å². The van der Waals surface area contributed by atoms with Crippen LogP contribution >= 0.6 is 0 Å². The summed E-state index contributed by atoms with van der Waals surface area (Å²) in [5.74, 6) is 3.32. The van der Waals surface area contributed by atoms with E-state index in [9.17, 15) is 4.79 Å². The van der Waals surface area contributed by atoms with Gasteiger partial charge in [0.15, 0.2) is 11.5 Å². The fourth-order valence-corrected chi connectivity index (χ4v) is 2.55. The van der Waals surface area contributed by atoms with Crippen LogP contribution in [0.4, 0.5) is 11.4 Å². The number of rotatable bonds is 4. The highest BCUT2D eigenvalue weighted by atomic mass is 16.5. The predicted molar refractivity (Wildman–Crippen MR) is 93.4 cm³/mol. The van der Waals surface area contributed by atoms with E-state index in [0.29, 0.717) is 22.9 Å². The quantitative estimate of drug-likeness (QED) is 0.814. The number of hydrogen-bond acceptors (Lipinski definition) is 4. The molecule has 0 radical (unpaired) electrons. The molecule has 0 aromatic heterocycles. The van der Waals surface area contributed by atoms with Crippen molar-refractivity contribution in [3.63, 3.8) is 0 Å². The van der Waals surface area contributed by atoms with Gasteiger partial charge >= 0.3 is 0 Å². The maximum Gasteiger partial charge on any atom is 0.277 e. The molecule has 0 saturated heterocycles. The molecule has 1 aliphatic heterocycles. The zero-order chi connectivity index (χ0) is 17.1. The summed E-state index contributed by atoms with van der Waals surface area (Å²) in [7, 11) is 3.29. The molecule has 0 aliphatic carbocycles. The Kier molecular flexibility index (Phi) is 4.21. The molecule has 0 spiro atoms. The number of nitrogens with zero attached hydrogens (tertiary/aromatic N) is 2. The van der Waals surface area contributed by atoms with Crippen molar-refractivity contribution < 1.29 is 14.3 Å². The van der Waals surface area contributed by atoms with Gasteiger partial charge in [0, 0.05) is 18.7 Å². The molecule has 5 heteroatoms. The van der Waals surface area contributed by atoms with Crippen LogP contribution < -0.4 is 14.4 Å². The summed E-state index contributed by atoms with van der Waals surface area (Å²) >= 11 is 0. The first-order chi connectivity index (χ1) is 11.7. The van der Waals surface area contributed by atoms with Crippen LogP contribution in [0.25, 0.3) is 0 Å². The molecule has 1 aliphatic rings. The maximum absolute atomic E-state index is 12.5. The number of terminal acetylenes is 1. The molecule has 0 N–H and O–H groups in total. The van der Waals surface area contributed by atoms with Crippen LogP contribution in [0.3, 0.4) is 0 Å². The molecular formula is C19H16N2O3. The number of amides is 1. The predicted octanol–water partition coefficient (Wildman–Crippen LogP) is 2.80. The lowest BCUT2D eigenvalue weighted by molar-refractivity contribution is -0.111. The molecule has 0 fully saturated rings. The lowest BCUT2D eigenvalue weighted by atomic mass is 10.1. The first-order valence-corrected chi connectivity index (χ1v) is 7.36. The smallest absolute Gasteiger partial charge is 0.277 e. The summed E-state index contributed by atoms with van der Waals surface area (Å²) in [6.07, 6.45) is 5.23. The first-order valence-electron chi connectivity index (χ1n) is 7.36. The Bertz CT molecular complexity index is 865. The number of hydrogen-bond donors (Lipinski definition) is 0. The zero-order valence-corrected chi connectivity index (χ0v) is 13.4. The van der Waals surface area contributed by atoms with Gasteiger partial charge in [0.1, 0.15) is 12.3 Å². The van der Waals surface area contributed by atoms with Crippen LogP contribution in [0.1, 0.15) is 5.56 Å². The Balaban J connectivity index is 2.03. The maximum atomic E-state index is 12.5. The minimum absolute atomic E-state index is 0.126. The highest BCUT2D eigenvalue weighted by Gasteiger charge is 2.30. The second-order valence-corrected chi connectivity index (χ2v) is 5.17. The van der Waals surface area contributed by atoms with Crippen molar-refractivity contribution in [1.29, 1.82) is 0 Å². The van der Waals surface area contributed by atoms with E-state index in [2.05, 4.69) is 10.9 Å². The van der Waals surface area contributed by atoms with Gasteiger partial charge in [-0.2, -0.15) is 0 Å². The first kappa shape index (κ1) is 15.6. The van der Waals surface area contributed by atoms with Crippen LogP contribution in [-0.4, -0.2) is 32.4 Å². The molecule has 24 heavy (non-hydrogen) atoms. The number of carbonyl (C=O) groups is 1. The molecule has 0 unspecified atom stereocenters. The Morgan fingerprint density at radius 1 is 1.21 bits per heavy atom. The molecular weight excluding hydrogens is 304 g/mol. The van der Waals surface area contributed by atoms with Gasteiger partial charge in [-0.25, -0.2) is 4.99 Å². The molecule has 2 aromatic carbocycles. The van der Waals surface area contributed by atoms with E-state index in [1.165, 1.54) is 0 Å². The Morgan fingerprint density at radius 2 is 2.00 bits per heavy atom. The molecule has 5 nitrogen and oxygen atoms in total. The van der Waals surface area contributed by atoms with Gasteiger partial charge in [-0.1, -0.05) is 24.1 Å². The van der Waals surface area contributed by atoms with Gasteiger partial charge in [0.25, 0.3) is 5.91 Å². The molecule has 1 heterocycles. The molecule has 120 valence electrons. The summed E-state index contributed by atoms with van der Waals surface area (Å²) in [6.45, 7) is 0.126. The normalized spacial score (nSPS) is 14.5. The summed E-state index contributed by atoms with van der Waals surface area (Å²) in [6, 6.07) is 12.8. The number of carbonyl (C=O) groups excluding carboxylic acids is 1. The van der Waals surface area contributed by atoms with Crippen molar-refractivity contribution in [3.05, 3.63) is 48.0 Å². The number of benzene rings is 2. The fourth-order valence-electron chi connectivity index (χ4n) is 2.55. The fraction of sp³-hybridized carbons (Fsp3) is 0.158. The van der Waals surface area contributed by atoms with Crippen molar-refractivity contribution in [2.45, 2.75) is 0 Å². The molecule has 0 atom stereocenters. The number of fused-ring (bicyclic) bond motifs is 1. The van der Waals surface area contributed by atoms with Crippen LogP contribution in [0, 0.1) is 12.3 Å². The standard InChI is InChI=1S/C19H16N2O3/c1-4-11-24-17-12-13(9-10-16(17)23-3)20-18-14-7-5-6-8-15(14)21(2)19(18)22/h1,5-10,12H,11H2,2-3H3/b20-18+. The summed E-state index contributed by atoms with van der Waals surface area (Å²) in [5, 5.41) is 0. The highest BCUT2D eigenvalue weighted by molar-refractivity contribution is 6.54. The molecule has 0 saturated carbocycles. The lowest BCUT2D eigenvalue weighted by Gasteiger charge is -2.09. The Hall–Kier alpha value is -3.26. The van der Waals surface area contributed by atoms with E-state index in [1.807, 2.05) is 24.3 Å². The average Bonchev–Trinajstić information content (AvgIpc) is 2.85. The minimum Gasteiger partial charge on any atom is -0.493 e. The van der Waals surface area contributed by atoms with Gasteiger partial charge in [0.2, 0.25) is 0 Å². The van der Waals surface area contributed by atoms with E-state index >= 15 is 0 Å². The number of anilines is 1. The molecule has 2 aromatic rings. The van der Waals surface area contributed by atoms with Crippen LogP contribution in [0.15, 0.2) is 47.5 Å². The number of methoxy groups -OCH3 is 1. The zero-order valence-electron chi connectivity index (χ0n) is 13.4. The summed E-state index contributed by atoms with van der Waals surface area (Å²) in [4.78, 5) is 18.6.